The summed E-state index contributed by atoms with van der Waals surface area (Å²) >= 11 is 0. The Morgan fingerprint density at radius 1 is 0.700 bits per heavy atom. The van der Waals surface area contributed by atoms with E-state index in [1.54, 1.807) is 34.0 Å². The van der Waals surface area contributed by atoms with Crippen LogP contribution in [0.5, 0.6) is 0 Å². The molecule has 0 aliphatic heterocycles. The van der Waals surface area contributed by atoms with Crippen LogP contribution >= 0.6 is 43.2 Å². The van der Waals surface area contributed by atoms with Crippen LogP contribution in [0.25, 0.3) is 0 Å². The van der Waals surface area contributed by atoms with Gasteiger partial charge in [0.1, 0.15) is 27.9 Å². The number of rotatable bonds is 26. The molecule has 0 saturated heterocycles. The van der Waals surface area contributed by atoms with Crippen molar-refractivity contribution in [2.24, 2.45) is 0 Å². The van der Waals surface area contributed by atoms with Gasteiger partial charge in [-0.05, 0) is 78.0 Å². The normalized spacial score (nSPS) is 12.3. The van der Waals surface area contributed by atoms with Gasteiger partial charge >= 0.3 is 5.97 Å². The fourth-order valence-electron chi connectivity index (χ4n) is 3.99. The van der Waals surface area contributed by atoms with Crippen molar-refractivity contribution in [3.05, 3.63) is 48.8 Å². The van der Waals surface area contributed by atoms with Crippen molar-refractivity contribution in [2.75, 3.05) is 30.3 Å². The van der Waals surface area contributed by atoms with E-state index >= 15 is 0 Å². The number of nitrogens with zero attached hydrogens (tertiary/aromatic N) is 2. The van der Waals surface area contributed by atoms with Crippen LogP contribution in [0.3, 0.4) is 0 Å². The Kier molecular flexibility index (Phi) is 21.6. The molecular formula is C30H42N6O9S5. The largest absolute Gasteiger partial charge is 0.481 e. The molecule has 20 heteroatoms. The lowest BCUT2D eigenvalue weighted by atomic mass is 10.1. The molecule has 2 rings (SSSR count). The number of carbonyl (C=O) groups excluding carboxylic acids is 4. The summed E-state index contributed by atoms with van der Waals surface area (Å²) in [6.45, 7) is -0.00300. The lowest BCUT2D eigenvalue weighted by molar-refractivity contribution is -0.137. The molecule has 276 valence electrons. The van der Waals surface area contributed by atoms with E-state index in [4.69, 9.17) is 5.11 Å². The molecule has 50 heavy (non-hydrogen) atoms. The van der Waals surface area contributed by atoms with E-state index in [1.165, 1.54) is 21.6 Å². The van der Waals surface area contributed by atoms with E-state index in [2.05, 4.69) is 31.2 Å². The molecule has 6 N–H and O–H groups in total. The highest BCUT2D eigenvalue weighted by atomic mass is 33.1. The molecular weight excluding hydrogens is 749 g/mol. The Bertz CT molecular complexity index is 1460. The monoisotopic (exact) mass is 790 g/mol. The second kappa shape index (κ2) is 25.0. The third kappa shape index (κ3) is 21.2. The number of unbranched alkanes of at least 4 members (excludes halogenated alkanes) is 1. The van der Waals surface area contributed by atoms with Gasteiger partial charge in [-0.25, -0.2) is 9.97 Å². The number of aliphatic carboxylic acids is 1. The second-order valence-electron chi connectivity index (χ2n) is 10.6. The highest BCUT2D eigenvalue weighted by Gasteiger charge is 2.29. The number of nitrogens with one attached hydrogen (secondary N) is 4. The van der Waals surface area contributed by atoms with E-state index in [9.17, 15) is 36.9 Å². The van der Waals surface area contributed by atoms with E-state index in [-0.39, 0.29) is 25.3 Å². The highest BCUT2D eigenvalue weighted by molar-refractivity contribution is 8.77. The number of pyridine rings is 2. The molecule has 0 aromatic carbocycles. The van der Waals surface area contributed by atoms with Crippen molar-refractivity contribution in [3.8, 4) is 0 Å². The van der Waals surface area contributed by atoms with Gasteiger partial charge in [-0.3, -0.25) is 28.5 Å². The zero-order valence-corrected chi connectivity index (χ0v) is 31.2. The predicted octanol–water partition coefficient (Wildman–Crippen LogP) is 2.95. The maximum Gasteiger partial charge on any atom is 0.305 e. The Balaban J connectivity index is 1.86. The minimum Gasteiger partial charge on any atom is -0.481 e. The van der Waals surface area contributed by atoms with Crippen LogP contribution in [0.15, 0.2) is 58.8 Å². The molecule has 2 heterocycles. The molecule has 0 bridgehead atoms. The lowest BCUT2D eigenvalue weighted by Gasteiger charge is -2.22. The fraction of sp³-hybridized carbons (Fsp3) is 0.500. The standard InChI is InChI=1S/C30H42N6O9S5/c37-24(10-7-19-46-48-26-12-2-5-16-32-26)31-15-4-1-9-22(35-25(38)11-8-20-47-49-27-13-3-6-17-33-27)30(42)36-23(21-50(43,44)45)29(41)34-18-14-28(39)40/h2-3,5-6,12-13,16-17,22-23H,1,4,7-11,14-15,18-21H2,(H,31,37)(H,34,41)(H,35,38)(H,36,42)(H,39,40)(H,43,44,45). The van der Waals surface area contributed by atoms with Crippen molar-refractivity contribution in [3.63, 3.8) is 0 Å². The number of hydrogen-bond acceptors (Lipinski definition) is 13. The predicted molar refractivity (Wildman–Crippen MR) is 196 cm³/mol. The quantitative estimate of drug-likeness (QED) is 0.0457. The van der Waals surface area contributed by atoms with E-state index < -0.39 is 58.1 Å². The molecule has 15 nitrogen and oxygen atoms in total. The summed E-state index contributed by atoms with van der Waals surface area (Å²) in [5.41, 5.74) is 0. The van der Waals surface area contributed by atoms with Crippen LogP contribution in [-0.2, 0) is 34.1 Å². The molecule has 0 fully saturated rings. The van der Waals surface area contributed by atoms with E-state index in [0.717, 1.165) is 15.8 Å². The average Bonchev–Trinajstić information content (AvgIpc) is 3.07. The maximum atomic E-state index is 13.3. The third-order valence-corrected chi connectivity index (χ3v) is 11.8. The Morgan fingerprint density at radius 3 is 1.84 bits per heavy atom. The van der Waals surface area contributed by atoms with Gasteiger partial charge in [-0.1, -0.05) is 33.7 Å². The number of carbonyl (C=O) groups is 5. The van der Waals surface area contributed by atoms with Crippen LogP contribution in [0.4, 0.5) is 0 Å². The van der Waals surface area contributed by atoms with Gasteiger partial charge in [0, 0.05) is 49.8 Å². The smallest absolute Gasteiger partial charge is 0.305 e. The summed E-state index contributed by atoms with van der Waals surface area (Å²) in [5.74, 6) is -3.39. The summed E-state index contributed by atoms with van der Waals surface area (Å²) in [6.07, 6.45) is 5.54. The average molecular weight is 791 g/mol. The lowest BCUT2D eigenvalue weighted by Crippen LogP contribution is -2.56. The number of carboxylic acid groups (broad SMARTS) is 1. The van der Waals surface area contributed by atoms with Crippen molar-refractivity contribution in [1.29, 1.82) is 0 Å². The van der Waals surface area contributed by atoms with Crippen molar-refractivity contribution in [1.82, 2.24) is 31.2 Å². The summed E-state index contributed by atoms with van der Waals surface area (Å²) < 4.78 is 32.5. The molecule has 2 atom stereocenters. The molecule has 2 unspecified atom stereocenters. The SMILES string of the molecule is O=C(O)CCNC(=O)C(CS(=O)(=O)O)NC(=O)C(CCCCNC(=O)CCCSSc1ccccn1)NC(=O)CCCSSc1ccccn1. The second-order valence-corrected chi connectivity index (χ2v) is 16.9. The van der Waals surface area contributed by atoms with E-state index in [1.807, 2.05) is 36.4 Å². The van der Waals surface area contributed by atoms with Crippen LogP contribution in [0.2, 0.25) is 0 Å². The van der Waals surface area contributed by atoms with Gasteiger partial charge in [0.25, 0.3) is 10.1 Å². The Labute approximate surface area is 307 Å². The summed E-state index contributed by atoms with van der Waals surface area (Å²) in [6, 6.07) is 8.31. The molecule has 0 spiro atoms. The molecule has 0 aliphatic rings. The first-order valence-electron chi connectivity index (χ1n) is 15.6. The van der Waals surface area contributed by atoms with Gasteiger partial charge in [0.2, 0.25) is 23.6 Å². The van der Waals surface area contributed by atoms with Crippen molar-refractivity contribution < 1.29 is 42.0 Å². The molecule has 0 saturated carbocycles. The van der Waals surface area contributed by atoms with Gasteiger partial charge in [-0.2, -0.15) is 8.42 Å². The zero-order valence-electron chi connectivity index (χ0n) is 27.2. The highest BCUT2D eigenvalue weighted by Crippen LogP contribution is 2.30. The topological polar surface area (TPSA) is 234 Å². The summed E-state index contributed by atoms with van der Waals surface area (Å²) in [5, 5.41) is 20.5. The van der Waals surface area contributed by atoms with Crippen LogP contribution < -0.4 is 21.3 Å². The van der Waals surface area contributed by atoms with E-state index in [0.29, 0.717) is 44.4 Å². The van der Waals surface area contributed by atoms with Crippen molar-refractivity contribution >= 4 is 82.9 Å². The zero-order chi connectivity index (χ0) is 36.6. The third-order valence-electron chi connectivity index (χ3n) is 6.37. The molecule has 0 radical (unpaired) electrons. The molecule has 4 amide bonds. The number of hydrogen-bond donors (Lipinski definition) is 6. The minimum atomic E-state index is -4.73. The number of carboxylic acids is 1. The fourth-order valence-corrected chi connectivity index (χ4v) is 8.57. The van der Waals surface area contributed by atoms with Crippen LogP contribution in [-0.4, -0.2) is 100 Å². The first-order valence-corrected chi connectivity index (χ1v) is 21.9. The number of aromatic nitrogens is 2. The van der Waals surface area contributed by atoms with Gasteiger partial charge in [-0.15, -0.1) is 0 Å². The van der Waals surface area contributed by atoms with Crippen LogP contribution in [0, 0.1) is 0 Å². The van der Waals surface area contributed by atoms with Crippen molar-refractivity contribution in [2.45, 2.75) is 73.5 Å². The molecule has 0 aliphatic carbocycles. The Morgan fingerprint density at radius 2 is 1.30 bits per heavy atom. The van der Waals surface area contributed by atoms with Crippen LogP contribution in [0.1, 0.15) is 51.4 Å². The first kappa shape index (κ1) is 43.1. The molecule has 2 aromatic rings. The maximum absolute atomic E-state index is 13.3. The summed E-state index contributed by atoms with van der Waals surface area (Å²) in [7, 11) is 1.42. The van der Waals surface area contributed by atoms with Gasteiger partial charge < -0.3 is 26.4 Å². The van der Waals surface area contributed by atoms with Gasteiger partial charge in [0.15, 0.2) is 0 Å². The minimum absolute atomic E-state index is 0.0956. The number of amides is 4. The Hall–Kier alpha value is -3.04. The molecule has 2 aromatic heterocycles. The van der Waals surface area contributed by atoms with Gasteiger partial charge in [0.05, 0.1) is 6.42 Å². The first-order chi connectivity index (χ1) is 23.9. The summed E-state index contributed by atoms with van der Waals surface area (Å²) in [4.78, 5) is 70.2.